The van der Waals surface area contributed by atoms with Crippen LogP contribution in [0, 0.1) is 0 Å². The van der Waals surface area contributed by atoms with E-state index in [0.717, 1.165) is 5.56 Å². The summed E-state index contributed by atoms with van der Waals surface area (Å²) in [4.78, 5) is 29.4. The van der Waals surface area contributed by atoms with Crippen molar-refractivity contribution in [3.05, 3.63) is 64.4 Å². The van der Waals surface area contributed by atoms with Gasteiger partial charge in [-0.3, -0.25) is 14.8 Å². The number of hydrogen-bond acceptors (Lipinski definition) is 4. The summed E-state index contributed by atoms with van der Waals surface area (Å²) in [6.45, 7) is 0.346. The fourth-order valence-electron chi connectivity index (χ4n) is 1.88. The van der Waals surface area contributed by atoms with Crippen LogP contribution in [0.15, 0.2) is 51.9 Å². The molecule has 0 saturated heterocycles. The average Bonchev–Trinajstić information content (AvgIpc) is 2.85. The van der Waals surface area contributed by atoms with Crippen LogP contribution in [-0.4, -0.2) is 15.9 Å². The summed E-state index contributed by atoms with van der Waals surface area (Å²) in [6.07, 6.45) is 3.11. The Bertz CT molecular complexity index is 805. The lowest BCUT2D eigenvalue weighted by Crippen LogP contribution is -2.22. The molecule has 2 N–H and O–H groups in total. The Labute approximate surface area is 113 Å². The molecule has 0 fully saturated rings. The van der Waals surface area contributed by atoms with Gasteiger partial charge in [0.15, 0.2) is 5.58 Å². The second-order valence-corrected chi connectivity index (χ2v) is 4.27. The van der Waals surface area contributed by atoms with Gasteiger partial charge in [0.25, 0.3) is 5.91 Å². The van der Waals surface area contributed by atoms with Gasteiger partial charge in [-0.05, 0) is 29.8 Å². The zero-order valence-electron chi connectivity index (χ0n) is 10.4. The van der Waals surface area contributed by atoms with E-state index >= 15 is 0 Å². The van der Waals surface area contributed by atoms with Crippen LogP contribution in [0.1, 0.15) is 15.9 Å². The molecule has 0 aliphatic heterocycles. The highest BCUT2D eigenvalue weighted by Gasteiger charge is 2.06. The van der Waals surface area contributed by atoms with Crippen LogP contribution in [0.2, 0.25) is 0 Å². The van der Waals surface area contributed by atoms with Gasteiger partial charge >= 0.3 is 5.76 Å². The van der Waals surface area contributed by atoms with Gasteiger partial charge in [0, 0.05) is 18.9 Å². The number of nitrogens with one attached hydrogen (secondary N) is 2. The quantitative estimate of drug-likeness (QED) is 0.753. The van der Waals surface area contributed by atoms with E-state index in [2.05, 4.69) is 15.3 Å². The highest BCUT2D eigenvalue weighted by atomic mass is 16.4. The molecular weight excluding hydrogens is 258 g/mol. The predicted octanol–water partition coefficient (Wildman–Crippen LogP) is 1.45. The lowest BCUT2D eigenvalue weighted by atomic mass is 10.2. The zero-order chi connectivity index (χ0) is 13.9. The number of nitrogens with zero attached hydrogens (tertiary/aromatic N) is 1. The normalized spacial score (nSPS) is 10.6. The maximum absolute atomic E-state index is 11.9. The van der Waals surface area contributed by atoms with Gasteiger partial charge in [-0.1, -0.05) is 6.07 Å². The van der Waals surface area contributed by atoms with Crippen molar-refractivity contribution < 1.29 is 9.21 Å². The van der Waals surface area contributed by atoms with Crippen molar-refractivity contribution >= 4 is 17.0 Å². The molecule has 6 heteroatoms. The Kier molecular flexibility index (Phi) is 3.04. The Balaban J connectivity index is 1.73. The van der Waals surface area contributed by atoms with Crippen molar-refractivity contribution in [3.8, 4) is 0 Å². The largest absolute Gasteiger partial charge is 0.417 e. The Morgan fingerprint density at radius 1 is 1.35 bits per heavy atom. The third-order valence-electron chi connectivity index (χ3n) is 2.86. The number of hydrogen-bond donors (Lipinski definition) is 2. The molecule has 1 aromatic carbocycles. The van der Waals surface area contributed by atoms with Crippen molar-refractivity contribution in [2.75, 3.05) is 0 Å². The molecule has 0 atom stereocenters. The summed E-state index contributed by atoms with van der Waals surface area (Å²) in [7, 11) is 0. The van der Waals surface area contributed by atoms with E-state index in [1.807, 2.05) is 6.07 Å². The lowest BCUT2D eigenvalue weighted by Gasteiger charge is -2.04. The molecule has 0 saturated carbocycles. The second kappa shape index (κ2) is 5.00. The van der Waals surface area contributed by atoms with Crippen LogP contribution in [0.5, 0.6) is 0 Å². The summed E-state index contributed by atoms with van der Waals surface area (Å²) >= 11 is 0. The first-order valence-corrected chi connectivity index (χ1v) is 6.02. The third kappa shape index (κ3) is 2.44. The molecule has 2 aromatic heterocycles. The molecule has 1 amide bonds. The molecule has 3 aromatic rings. The van der Waals surface area contributed by atoms with Crippen LogP contribution >= 0.6 is 0 Å². The van der Waals surface area contributed by atoms with Crippen LogP contribution in [0.3, 0.4) is 0 Å². The van der Waals surface area contributed by atoms with Gasteiger partial charge < -0.3 is 9.73 Å². The van der Waals surface area contributed by atoms with E-state index in [4.69, 9.17) is 4.42 Å². The number of carbonyl (C=O) groups is 1. The first-order chi connectivity index (χ1) is 9.72. The molecule has 20 heavy (non-hydrogen) atoms. The highest BCUT2D eigenvalue weighted by molar-refractivity contribution is 5.93. The van der Waals surface area contributed by atoms with Crippen LogP contribution in [0.4, 0.5) is 0 Å². The van der Waals surface area contributed by atoms with Gasteiger partial charge in [0.2, 0.25) is 0 Å². The summed E-state index contributed by atoms with van der Waals surface area (Å²) in [5, 5.41) is 2.78. The number of benzene rings is 1. The number of amides is 1. The van der Waals surface area contributed by atoms with Crippen molar-refractivity contribution in [2.24, 2.45) is 0 Å². The number of aromatic amines is 1. The summed E-state index contributed by atoms with van der Waals surface area (Å²) in [5.41, 5.74) is 2.46. The first-order valence-electron chi connectivity index (χ1n) is 6.02. The summed E-state index contributed by atoms with van der Waals surface area (Å²) < 4.78 is 4.97. The van der Waals surface area contributed by atoms with E-state index in [-0.39, 0.29) is 5.91 Å². The molecule has 3 rings (SSSR count). The second-order valence-electron chi connectivity index (χ2n) is 4.27. The molecule has 0 bridgehead atoms. The number of pyridine rings is 1. The minimum Gasteiger partial charge on any atom is -0.408 e. The van der Waals surface area contributed by atoms with Crippen molar-refractivity contribution in [2.45, 2.75) is 6.54 Å². The number of carbonyl (C=O) groups excluding carboxylic acids is 1. The highest BCUT2D eigenvalue weighted by Crippen LogP contribution is 2.12. The van der Waals surface area contributed by atoms with Gasteiger partial charge in [-0.2, -0.15) is 0 Å². The molecular formula is C14H11N3O3. The molecule has 6 nitrogen and oxygen atoms in total. The predicted molar refractivity (Wildman–Crippen MR) is 72.2 cm³/mol. The smallest absolute Gasteiger partial charge is 0.408 e. The average molecular weight is 269 g/mol. The van der Waals surface area contributed by atoms with E-state index in [1.54, 1.807) is 30.5 Å². The van der Waals surface area contributed by atoms with Crippen LogP contribution in [-0.2, 0) is 6.54 Å². The van der Waals surface area contributed by atoms with Gasteiger partial charge in [0.05, 0.1) is 11.1 Å². The van der Waals surface area contributed by atoms with Gasteiger partial charge in [-0.15, -0.1) is 0 Å². The van der Waals surface area contributed by atoms with E-state index in [0.29, 0.717) is 23.2 Å². The maximum Gasteiger partial charge on any atom is 0.417 e. The molecule has 2 heterocycles. The standard InChI is InChI=1S/C14H11N3O3/c18-13(10-2-1-5-15-8-10)16-7-9-3-4-11-12(6-9)20-14(19)17-11/h1-6,8H,7H2,(H,16,18)(H,17,19). The monoisotopic (exact) mass is 269 g/mol. The summed E-state index contributed by atoms with van der Waals surface area (Å²) in [6, 6.07) is 8.67. The minimum atomic E-state index is -0.489. The first kappa shape index (κ1) is 12.2. The lowest BCUT2D eigenvalue weighted by molar-refractivity contribution is 0.0950. The Hall–Kier alpha value is -2.89. The SMILES string of the molecule is O=C(NCc1ccc2[nH]c(=O)oc2c1)c1cccnc1. The third-order valence-corrected chi connectivity index (χ3v) is 2.86. The van der Waals surface area contributed by atoms with Gasteiger partial charge in [-0.25, -0.2) is 4.79 Å². The molecule has 0 aliphatic carbocycles. The van der Waals surface area contributed by atoms with E-state index in [1.165, 1.54) is 6.20 Å². The zero-order valence-corrected chi connectivity index (χ0v) is 10.4. The molecule has 100 valence electrons. The number of rotatable bonds is 3. The summed E-state index contributed by atoms with van der Waals surface area (Å²) in [5.74, 6) is -0.690. The van der Waals surface area contributed by atoms with Crippen molar-refractivity contribution in [3.63, 3.8) is 0 Å². The maximum atomic E-state index is 11.9. The Morgan fingerprint density at radius 2 is 2.25 bits per heavy atom. The topological polar surface area (TPSA) is 88.0 Å². The number of fused-ring (bicyclic) bond motifs is 1. The fourth-order valence-corrected chi connectivity index (χ4v) is 1.88. The van der Waals surface area contributed by atoms with Crippen LogP contribution < -0.4 is 11.1 Å². The fraction of sp³-hybridized carbons (Fsp3) is 0.0714. The number of H-pyrrole nitrogens is 1. The van der Waals surface area contributed by atoms with Crippen molar-refractivity contribution in [1.29, 1.82) is 0 Å². The molecule has 0 spiro atoms. The van der Waals surface area contributed by atoms with Crippen LogP contribution in [0.25, 0.3) is 11.1 Å². The molecule has 0 unspecified atom stereocenters. The van der Waals surface area contributed by atoms with Gasteiger partial charge in [0.1, 0.15) is 0 Å². The number of oxazole rings is 1. The van der Waals surface area contributed by atoms with E-state index < -0.39 is 5.76 Å². The molecule has 0 radical (unpaired) electrons. The van der Waals surface area contributed by atoms with E-state index in [9.17, 15) is 9.59 Å². The molecule has 0 aliphatic rings. The van der Waals surface area contributed by atoms with Crippen molar-refractivity contribution in [1.82, 2.24) is 15.3 Å². The minimum absolute atomic E-state index is 0.200. The number of aromatic nitrogens is 2. The Morgan fingerprint density at radius 3 is 3.05 bits per heavy atom.